The number of hydrogen-bond acceptors (Lipinski definition) is 4. The minimum atomic E-state index is -0.851. The molecule has 100 valence electrons. The first-order valence-electron chi connectivity index (χ1n) is 5.26. The number of ether oxygens (including phenoxy) is 1. The van der Waals surface area contributed by atoms with E-state index in [0.29, 0.717) is 23.6 Å². The van der Waals surface area contributed by atoms with Crippen LogP contribution >= 0.6 is 27.3 Å². The normalized spacial score (nSPS) is 10.2. The second-order valence-electron chi connectivity index (χ2n) is 3.68. The SMILES string of the molecule is COc1cc(C(=O)N(C)CCCC(=O)O)sc1Br. The van der Waals surface area contributed by atoms with E-state index in [1.165, 1.54) is 23.3 Å². The first kappa shape index (κ1) is 15.0. The van der Waals surface area contributed by atoms with E-state index in [1.54, 1.807) is 13.1 Å². The van der Waals surface area contributed by atoms with Crippen molar-refractivity contribution in [2.45, 2.75) is 12.8 Å². The highest BCUT2D eigenvalue weighted by Gasteiger charge is 2.17. The van der Waals surface area contributed by atoms with E-state index in [4.69, 9.17) is 9.84 Å². The quantitative estimate of drug-likeness (QED) is 0.867. The Labute approximate surface area is 117 Å². The molecule has 18 heavy (non-hydrogen) atoms. The van der Waals surface area contributed by atoms with Crippen LogP contribution in [0, 0.1) is 0 Å². The molecule has 0 aliphatic rings. The highest BCUT2D eigenvalue weighted by molar-refractivity contribution is 9.11. The van der Waals surface area contributed by atoms with Gasteiger partial charge >= 0.3 is 5.97 Å². The first-order valence-corrected chi connectivity index (χ1v) is 6.87. The number of methoxy groups -OCH3 is 1. The Hall–Kier alpha value is -1.08. The number of nitrogens with zero attached hydrogens (tertiary/aromatic N) is 1. The number of hydrogen-bond donors (Lipinski definition) is 1. The van der Waals surface area contributed by atoms with E-state index in [1.807, 2.05) is 0 Å². The predicted molar refractivity (Wildman–Crippen MR) is 72.4 cm³/mol. The summed E-state index contributed by atoms with van der Waals surface area (Å²) in [5.74, 6) is -0.354. The molecule has 1 N–H and O–H groups in total. The van der Waals surface area contributed by atoms with Crippen LogP contribution in [0.2, 0.25) is 0 Å². The van der Waals surface area contributed by atoms with Crippen LogP contribution in [0.3, 0.4) is 0 Å². The Morgan fingerprint density at radius 3 is 2.72 bits per heavy atom. The lowest BCUT2D eigenvalue weighted by Gasteiger charge is -2.15. The number of rotatable bonds is 6. The van der Waals surface area contributed by atoms with Gasteiger partial charge < -0.3 is 14.7 Å². The van der Waals surface area contributed by atoms with E-state index < -0.39 is 5.97 Å². The van der Waals surface area contributed by atoms with Crippen LogP contribution in [0.15, 0.2) is 9.85 Å². The lowest BCUT2D eigenvalue weighted by atomic mass is 10.3. The van der Waals surface area contributed by atoms with Gasteiger partial charge in [0.2, 0.25) is 0 Å². The molecule has 1 amide bonds. The van der Waals surface area contributed by atoms with Gasteiger partial charge in [-0.3, -0.25) is 9.59 Å². The Balaban J connectivity index is 2.59. The third-order valence-corrected chi connectivity index (χ3v) is 4.09. The molecular formula is C11H14BrNO4S. The fourth-order valence-corrected chi connectivity index (χ4v) is 3.00. The van der Waals surface area contributed by atoms with Gasteiger partial charge in [0.15, 0.2) is 0 Å². The monoisotopic (exact) mass is 335 g/mol. The Morgan fingerprint density at radius 2 is 2.22 bits per heavy atom. The second-order valence-corrected chi connectivity index (χ2v) is 6.05. The standard InChI is InChI=1S/C11H14BrNO4S/c1-13(5-3-4-9(14)15)11(16)8-6-7(17-2)10(12)18-8/h6H,3-5H2,1-2H3,(H,14,15). The molecule has 0 aliphatic heterocycles. The number of carboxylic acid groups (broad SMARTS) is 1. The highest BCUT2D eigenvalue weighted by atomic mass is 79.9. The minimum absolute atomic E-state index is 0.0646. The lowest BCUT2D eigenvalue weighted by molar-refractivity contribution is -0.137. The summed E-state index contributed by atoms with van der Waals surface area (Å²) in [5.41, 5.74) is 0. The maximum atomic E-state index is 12.0. The fraction of sp³-hybridized carbons (Fsp3) is 0.455. The zero-order valence-electron chi connectivity index (χ0n) is 10.1. The number of amides is 1. The minimum Gasteiger partial charge on any atom is -0.495 e. The third kappa shape index (κ3) is 3.99. The van der Waals surface area contributed by atoms with E-state index in [0.717, 1.165) is 3.79 Å². The van der Waals surface area contributed by atoms with Gasteiger partial charge in [-0.15, -0.1) is 11.3 Å². The number of halogens is 1. The molecule has 0 radical (unpaired) electrons. The summed E-state index contributed by atoms with van der Waals surface area (Å²) in [7, 11) is 3.20. The van der Waals surface area contributed by atoms with Gasteiger partial charge in [-0.2, -0.15) is 0 Å². The first-order chi connectivity index (χ1) is 8.45. The number of aliphatic carboxylic acids is 1. The molecule has 5 nitrogen and oxygen atoms in total. The predicted octanol–water partition coefficient (Wildman–Crippen LogP) is 2.46. The highest BCUT2D eigenvalue weighted by Crippen LogP contribution is 2.34. The smallest absolute Gasteiger partial charge is 0.303 e. The van der Waals surface area contributed by atoms with E-state index >= 15 is 0 Å². The molecule has 0 saturated heterocycles. The lowest BCUT2D eigenvalue weighted by Crippen LogP contribution is -2.27. The summed E-state index contributed by atoms with van der Waals surface area (Å²) in [6, 6.07) is 1.67. The molecule has 0 aliphatic carbocycles. The van der Waals surface area contributed by atoms with Gasteiger partial charge in [0, 0.05) is 26.1 Å². The van der Waals surface area contributed by atoms with Crippen molar-refractivity contribution < 1.29 is 19.4 Å². The number of carbonyl (C=O) groups excluding carboxylic acids is 1. The summed E-state index contributed by atoms with van der Waals surface area (Å²) in [4.78, 5) is 24.5. The summed E-state index contributed by atoms with van der Waals surface area (Å²) in [6.07, 6.45) is 0.510. The van der Waals surface area contributed by atoms with E-state index in [9.17, 15) is 9.59 Å². The van der Waals surface area contributed by atoms with Crippen LogP contribution in [0.5, 0.6) is 5.75 Å². The van der Waals surface area contributed by atoms with Crippen LogP contribution in [0.25, 0.3) is 0 Å². The number of carboxylic acids is 1. The summed E-state index contributed by atoms with van der Waals surface area (Å²) in [5, 5.41) is 8.53. The second kappa shape index (κ2) is 6.75. The van der Waals surface area contributed by atoms with Crippen LogP contribution in [0.1, 0.15) is 22.5 Å². The molecule has 1 heterocycles. The summed E-state index contributed by atoms with van der Waals surface area (Å²) < 4.78 is 5.85. The molecule has 0 bridgehead atoms. The Morgan fingerprint density at radius 1 is 1.56 bits per heavy atom. The van der Waals surface area contributed by atoms with Crippen molar-refractivity contribution in [2.75, 3.05) is 20.7 Å². The van der Waals surface area contributed by atoms with Gasteiger partial charge in [-0.25, -0.2) is 0 Å². The molecule has 0 spiro atoms. The molecule has 1 aromatic rings. The van der Waals surface area contributed by atoms with Gasteiger partial charge in [0.1, 0.15) is 9.54 Å². The van der Waals surface area contributed by atoms with Gasteiger partial charge in [0.05, 0.1) is 12.0 Å². The van der Waals surface area contributed by atoms with Crippen molar-refractivity contribution in [1.82, 2.24) is 4.90 Å². The molecular weight excluding hydrogens is 322 g/mol. The Bertz CT molecular complexity index is 446. The molecule has 1 aromatic heterocycles. The molecule has 7 heteroatoms. The van der Waals surface area contributed by atoms with Crippen molar-refractivity contribution in [3.63, 3.8) is 0 Å². The zero-order chi connectivity index (χ0) is 13.7. The Kier molecular flexibility index (Phi) is 5.61. The average molecular weight is 336 g/mol. The molecule has 1 rings (SSSR count). The van der Waals surface area contributed by atoms with Crippen molar-refractivity contribution >= 4 is 39.1 Å². The molecule has 0 fully saturated rings. The van der Waals surface area contributed by atoms with Crippen molar-refractivity contribution in [1.29, 1.82) is 0 Å². The molecule has 0 saturated carbocycles. The maximum Gasteiger partial charge on any atom is 0.303 e. The summed E-state index contributed by atoms with van der Waals surface area (Å²) in [6.45, 7) is 0.420. The number of thiophene rings is 1. The number of carbonyl (C=O) groups is 2. The van der Waals surface area contributed by atoms with Crippen LogP contribution in [-0.2, 0) is 4.79 Å². The van der Waals surface area contributed by atoms with Crippen molar-refractivity contribution in [3.05, 3.63) is 14.7 Å². The van der Waals surface area contributed by atoms with Gasteiger partial charge in [-0.05, 0) is 22.4 Å². The van der Waals surface area contributed by atoms with Gasteiger partial charge in [0.25, 0.3) is 5.91 Å². The van der Waals surface area contributed by atoms with E-state index in [2.05, 4.69) is 15.9 Å². The van der Waals surface area contributed by atoms with E-state index in [-0.39, 0.29) is 12.3 Å². The summed E-state index contributed by atoms with van der Waals surface area (Å²) >= 11 is 4.61. The van der Waals surface area contributed by atoms with Crippen LogP contribution < -0.4 is 4.74 Å². The molecule has 0 atom stereocenters. The van der Waals surface area contributed by atoms with Crippen molar-refractivity contribution in [2.24, 2.45) is 0 Å². The van der Waals surface area contributed by atoms with Crippen molar-refractivity contribution in [3.8, 4) is 5.75 Å². The van der Waals surface area contributed by atoms with Crippen LogP contribution in [-0.4, -0.2) is 42.6 Å². The average Bonchev–Trinajstić information content (AvgIpc) is 2.68. The van der Waals surface area contributed by atoms with Gasteiger partial charge in [-0.1, -0.05) is 0 Å². The fourth-order valence-electron chi connectivity index (χ4n) is 1.35. The maximum absolute atomic E-state index is 12.0. The molecule has 0 unspecified atom stereocenters. The zero-order valence-corrected chi connectivity index (χ0v) is 12.5. The largest absolute Gasteiger partial charge is 0.495 e. The van der Waals surface area contributed by atoms with Crippen LogP contribution in [0.4, 0.5) is 0 Å². The third-order valence-electron chi connectivity index (χ3n) is 2.32. The topological polar surface area (TPSA) is 66.8 Å². The molecule has 0 aromatic carbocycles.